The summed E-state index contributed by atoms with van der Waals surface area (Å²) in [6, 6.07) is 11.5. The van der Waals surface area contributed by atoms with Gasteiger partial charge in [0.25, 0.3) is 0 Å². The molecule has 1 aliphatic rings. The number of para-hydroxylation sites is 1. The molecule has 1 atom stereocenters. The number of carbonyl (C=O) groups excluding carboxylic acids is 1. The van der Waals surface area contributed by atoms with Gasteiger partial charge in [0.2, 0.25) is 5.91 Å². The standard InChI is InChI=1S/C19H20N4O2S/c24-19(21-13-17-22-15-5-1-2-6-16(15)26-17)18(14-4-3-7-20-12-14)23-8-10-25-11-9-23/h1-7,12,18H,8-11,13H2,(H,21,24)/t18-/m0/s1. The Bertz CT molecular complexity index is 844. The summed E-state index contributed by atoms with van der Waals surface area (Å²) in [5.74, 6) is -0.0286. The minimum absolute atomic E-state index is 0.0286. The van der Waals surface area contributed by atoms with Crippen LogP contribution in [0.5, 0.6) is 0 Å². The van der Waals surface area contributed by atoms with Crippen LogP contribution in [0.15, 0.2) is 48.8 Å². The van der Waals surface area contributed by atoms with Gasteiger partial charge in [0.1, 0.15) is 11.0 Å². The van der Waals surface area contributed by atoms with Crippen molar-refractivity contribution in [2.75, 3.05) is 26.3 Å². The molecule has 1 N–H and O–H groups in total. The highest BCUT2D eigenvalue weighted by atomic mass is 32.1. The molecule has 0 bridgehead atoms. The van der Waals surface area contributed by atoms with E-state index in [0.717, 1.165) is 33.9 Å². The molecular formula is C19H20N4O2S. The maximum absolute atomic E-state index is 13.0. The van der Waals surface area contributed by atoms with E-state index in [9.17, 15) is 4.79 Å². The van der Waals surface area contributed by atoms with Gasteiger partial charge in [-0.3, -0.25) is 14.7 Å². The van der Waals surface area contributed by atoms with Crippen molar-refractivity contribution in [3.05, 3.63) is 59.4 Å². The van der Waals surface area contributed by atoms with Crippen molar-refractivity contribution in [1.82, 2.24) is 20.2 Å². The molecule has 0 aliphatic carbocycles. The first-order valence-electron chi connectivity index (χ1n) is 8.65. The summed E-state index contributed by atoms with van der Waals surface area (Å²) in [7, 11) is 0. The van der Waals surface area contributed by atoms with Gasteiger partial charge in [0.05, 0.1) is 30.0 Å². The smallest absolute Gasteiger partial charge is 0.242 e. The monoisotopic (exact) mass is 368 g/mol. The van der Waals surface area contributed by atoms with E-state index < -0.39 is 0 Å². The van der Waals surface area contributed by atoms with Crippen molar-refractivity contribution in [2.24, 2.45) is 0 Å². The third kappa shape index (κ3) is 3.75. The van der Waals surface area contributed by atoms with Gasteiger partial charge in [-0.1, -0.05) is 18.2 Å². The predicted octanol–water partition coefficient (Wildman–Crippen LogP) is 2.38. The summed E-state index contributed by atoms with van der Waals surface area (Å²) >= 11 is 1.61. The van der Waals surface area contributed by atoms with Gasteiger partial charge in [-0.25, -0.2) is 4.98 Å². The Kier molecular flexibility index (Phi) is 5.19. The first kappa shape index (κ1) is 17.1. The fourth-order valence-electron chi connectivity index (χ4n) is 3.16. The van der Waals surface area contributed by atoms with Crippen molar-refractivity contribution in [1.29, 1.82) is 0 Å². The molecule has 1 aliphatic heterocycles. The summed E-state index contributed by atoms with van der Waals surface area (Å²) in [6.07, 6.45) is 3.48. The van der Waals surface area contributed by atoms with Crippen LogP contribution in [0.3, 0.4) is 0 Å². The number of nitrogens with zero attached hydrogens (tertiary/aromatic N) is 3. The summed E-state index contributed by atoms with van der Waals surface area (Å²) in [5, 5.41) is 3.96. The summed E-state index contributed by atoms with van der Waals surface area (Å²) < 4.78 is 6.56. The van der Waals surface area contributed by atoms with Crippen LogP contribution in [-0.4, -0.2) is 47.1 Å². The number of hydrogen-bond donors (Lipinski definition) is 1. The molecule has 4 rings (SSSR count). The second-order valence-corrected chi connectivity index (χ2v) is 7.25. The van der Waals surface area contributed by atoms with E-state index in [1.807, 2.05) is 36.4 Å². The van der Waals surface area contributed by atoms with Gasteiger partial charge in [0.15, 0.2) is 0 Å². The number of nitrogens with one attached hydrogen (secondary N) is 1. The molecule has 0 spiro atoms. The number of amides is 1. The number of ether oxygens (including phenoxy) is 1. The van der Waals surface area contributed by atoms with E-state index in [1.54, 1.807) is 23.7 Å². The Morgan fingerprint density at radius 3 is 2.85 bits per heavy atom. The fourth-order valence-corrected chi connectivity index (χ4v) is 4.06. The number of benzene rings is 1. The highest BCUT2D eigenvalue weighted by Crippen LogP contribution is 2.23. The fraction of sp³-hybridized carbons (Fsp3) is 0.316. The molecule has 6 nitrogen and oxygen atoms in total. The lowest BCUT2D eigenvalue weighted by Crippen LogP contribution is -2.45. The van der Waals surface area contributed by atoms with Crippen LogP contribution in [0.25, 0.3) is 10.2 Å². The minimum atomic E-state index is -0.359. The zero-order valence-corrected chi connectivity index (χ0v) is 15.1. The van der Waals surface area contributed by atoms with E-state index >= 15 is 0 Å². The molecule has 134 valence electrons. The number of rotatable bonds is 5. The zero-order valence-electron chi connectivity index (χ0n) is 14.3. The average molecular weight is 368 g/mol. The summed E-state index contributed by atoms with van der Waals surface area (Å²) in [6.45, 7) is 3.17. The largest absolute Gasteiger partial charge is 0.379 e. The molecule has 3 heterocycles. The molecule has 0 saturated carbocycles. The normalized spacial score (nSPS) is 16.5. The molecule has 1 fully saturated rings. The molecule has 3 aromatic rings. The molecule has 26 heavy (non-hydrogen) atoms. The lowest BCUT2D eigenvalue weighted by molar-refractivity contribution is -0.128. The SMILES string of the molecule is O=C(NCc1nc2ccccc2s1)[C@H](c1cccnc1)N1CCOCC1. The first-order valence-corrected chi connectivity index (χ1v) is 9.47. The molecule has 1 amide bonds. The van der Waals surface area contributed by atoms with E-state index in [1.165, 1.54) is 0 Å². The predicted molar refractivity (Wildman–Crippen MR) is 101 cm³/mol. The Morgan fingerprint density at radius 2 is 2.08 bits per heavy atom. The van der Waals surface area contributed by atoms with Crippen LogP contribution in [0, 0.1) is 0 Å². The Labute approximate surface area is 155 Å². The molecule has 2 aromatic heterocycles. The third-order valence-corrected chi connectivity index (χ3v) is 5.45. The van der Waals surface area contributed by atoms with Crippen LogP contribution >= 0.6 is 11.3 Å². The first-order chi connectivity index (χ1) is 12.8. The second kappa shape index (κ2) is 7.90. The van der Waals surface area contributed by atoms with Gasteiger partial charge >= 0.3 is 0 Å². The van der Waals surface area contributed by atoms with Gasteiger partial charge < -0.3 is 10.1 Å². The van der Waals surface area contributed by atoms with Gasteiger partial charge in [-0.15, -0.1) is 11.3 Å². The van der Waals surface area contributed by atoms with E-state index in [4.69, 9.17) is 4.74 Å². The maximum atomic E-state index is 13.0. The molecule has 0 radical (unpaired) electrons. The number of hydrogen-bond acceptors (Lipinski definition) is 6. The quantitative estimate of drug-likeness (QED) is 0.749. The maximum Gasteiger partial charge on any atom is 0.242 e. The van der Waals surface area contributed by atoms with Crippen LogP contribution < -0.4 is 5.32 Å². The number of fused-ring (bicyclic) bond motifs is 1. The third-order valence-electron chi connectivity index (χ3n) is 4.41. The summed E-state index contributed by atoms with van der Waals surface area (Å²) in [5.41, 5.74) is 1.87. The topological polar surface area (TPSA) is 67.4 Å². The molecular weight excluding hydrogens is 348 g/mol. The van der Waals surface area contributed by atoms with E-state index in [-0.39, 0.29) is 11.9 Å². The van der Waals surface area contributed by atoms with Crippen molar-refractivity contribution in [3.8, 4) is 0 Å². The molecule has 1 saturated heterocycles. The van der Waals surface area contributed by atoms with Crippen molar-refractivity contribution < 1.29 is 9.53 Å². The highest BCUT2D eigenvalue weighted by Gasteiger charge is 2.29. The van der Waals surface area contributed by atoms with E-state index in [2.05, 4.69) is 20.2 Å². The Balaban J connectivity index is 1.50. The van der Waals surface area contributed by atoms with Gasteiger partial charge in [0, 0.05) is 25.5 Å². The molecule has 0 unspecified atom stereocenters. The average Bonchev–Trinajstić information content (AvgIpc) is 3.11. The minimum Gasteiger partial charge on any atom is -0.379 e. The lowest BCUT2D eigenvalue weighted by Gasteiger charge is -2.33. The lowest BCUT2D eigenvalue weighted by atomic mass is 10.1. The number of aromatic nitrogens is 2. The second-order valence-electron chi connectivity index (χ2n) is 6.13. The van der Waals surface area contributed by atoms with Crippen molar-refractivity contribution >= 4 is 27.5 Å². The Hall–Kier alpha value is -2.35. The van der Waals surface area contributed by atoms with E-state index in [0.29, 0.717) is 19.8 Å². The van der Waals surface area contributed by atoms with Gasteiger partial charge in [-0.05, 0) is 23.8 Å². The molecule has 7 heteroatoms. The number of pyridine rings is 1. The summed E-state index contributed by atoms with van der Waals surface area (Å²) in [4.78, 5) is 23.9. The number of thiazole rings is 1. The van der Waals surface area contributed by atoms with Crippen molar-refractivity contribution in [2.45, 2.75) is 12.6 Å². The van der Waals surface area contributed by atoms with Crippen LogP contribution in [0.1, 0.15) is 16.6 Å². The number of morpholine rings is 1. The van der Waals surface area contributed by atoms with Crippen LogP contribution in [0.2, 0.25) is 0 Å². The molecule has 1 aromatic carbocycles. The highest BCUT2D eigenvalue weighted by molar-refractivity contribution is 7.18. The Morgan fingerprint density at radius 1 is 1.23 bits per heavy atom. The zero-order chi connectivity index (χ0) is 17.8. The van der Waals surface area contributed by atoms with Crippen molar-refractivity contribution in [3.63, 3.8) is 0 Å². The van der Waals surface area contributed by atoms with Gasteiger partial charge in [-0.2, -0.15) is 0 Å². The van der Waals surface area contributed by atoms with Crippen LogP contribution in [0.4, 0.5) is 0 Å². The van der Waals surface area contributed by atoms with Crippen LogP contribution in [-0.2, 0) is 16.1 Å². The number of carbonyl (C=O) groups is 1.